The minimum atomic E-state index is -0.522. The molecule has 9 nitrogen and oxygen atoms in total. The van der Waals surface area contributed by atoms with Crippen molar-refractivity contribution in [2.75, 3.05) is 33.8 Å². The minimum Gasteiger partial charge on any atom is -0.497 e. The molecular formula is C27H30N4O5. The second kappa shape index (κ2) is 8.89. The zero-order valence-electron chi connectivity index (χ0n) is 21.3. The molecule has 0 saturated heterocycles. The van der Waals surface area contributed by atoms with Crippen LogP contribution in [0.3, 0.4) is 0 Å². The Labute approximate surface area is 210 Å². The molecule has 0 saturated carbocycles. The summed E-state index contributed by atoms with van der Waals surface area (Å²) in [5.74, 6) is 3.63. The molecule has 1 aromatic heterocycles. The van der Waals surface area contributed by atoms with E-state index in [-0.39, 0.29) is 11.2 Å². The Kier molecular flexibility index (Phi) is 5.86. The van der Waals surface area contributed by atoms with Gasteiger partial charge in [0.1, 0.15) is 17.5 Å². The van der Waals surface area contributed by atoms with E-state index in [1.54, 1.807) is 33.1 Å². The largest absolute Gasteiger partial charge is 0.497 e. The number of aromatic nitrogens is 3. The predicted octanol–water partition coefficient (Wildman–Crippen LogP) is 4.64. The number of benzene rings is 2. The lowest BCUT2D eigenvalue weighted by Crippen LogP contribution is -2.36. The standard InChI is InChI=1S/C27H30N4O5/c1-27(2)13-18-23(19(32)14-27)24(17-12-16(33-3)8-10-20(17)34-4)31-26(28-18)29-25(30-31)15-7-9-21(35-5)22(11-15)36-6/h7-12,24H,13-14H2,1-6H3,(H,28,29,30). The number of rotatable bonds is 6. The lowest BCUT2D eigenvalue weighted by Gasteiger charge is -2.38. The molecule has 1 aliphatic heterocycles. The van der Waals surface area contributed by atoms with Gasteiger partial charge in [-0.1, -0.05) is 13.8 Å². The fraction of sp³-hybridized carbons (Fsp3) is 0.370. The fourth-order valence-electron chi connectivity index (χ4n) is 5.05. The molecule has 1 N–H and O–H groups in total. The second-order valence-corrected chi connectivity index (χ2v) is 9.74. The average molecular weight is 491 g/mol. The molecule has 0 fully saturated rings. The number of methoxy groups -OCH3 is 4. The Morgan fingerprint density at radius 1 is 0.917 bits per heavy atom. The number of allylic oxidation sites excluding steroid dienone is 2. The summed E-state index contributed by atoms with van der Waals surface area (Å²) in [6.45, 7) is 4.21. The highest BCUT2D eigenvalue weighted by Gasteiger charge is 2.43. The van der Waals surface area contributed by atoms with E-state index in [4.69, 9.17) is 29.0 Å². The topological polar surface area (TPSA) is 96.7 Å². The minimum absolute atomic E-state index is 0.0810. The van der Waals surface area contributed by atoms with E-state index in [1.807, 2.05) is 36.4 Å². The van der Waals surface area contributed by atoms with Gasteiger partial charge in [-0.15, -0.1) is 5.10 Å². The number of nitrogens with one attached hydrogen (secondary N) is 1. The van der Waals surface area contributed by atoms with Crippen LogP contribution in [0.5, 0.6) is 23.0 Å². The number of nitrogens with zero attached hydrogens (tertiary/aromatic N) is 3. The number of Topliss-reactive ketones (excluding diaryl/α,β-unsaturated/α-hetero) is 1. The molecule has 3 aromatic rings. The van der Waals surface area contributed by atoms with Crippen molar-refractivity contribution in [3.05, 3.63) is 53.2 Å². The van der Waals surface area contributed by atoms with Gasteiger partial charge >= 0.3 is 0 Å². The Balaban J connectivity index is 1.70. The Bertz CT molecular complexity index is 1370. The third-order valence-corrected chi connectivity index (χ3v) is 6.71. The Morgan fingerprint density at radius 3 is 2.33 bits per heavy atom. The quantitative estimate of drug-likeness (QED) is 0.534. The summed E-state index contributed by atoms with van der Waals surface area (Å²) in [4.78, 5) is 18.4. The van der Waals surface area contributed by atoms with Crippen molar-refractivity contribution in [1.29, 1.82) is 0 Å². The first-order valence-electron chi connectivity index (χ1n) is 11.7. The van der Waals surface area contributed by atoms with Crippen molar-refractivity contribution in [2.45, 2.75) is 32.7 Å². The van der Waals surface area contributed by atoms with Crippen molar-refractivity contribution in [3.63, 3.8) is 0 Å². The van der Waals surface area contributed by atoms with E-state index in [0.29, 0.717) is 46.8 Å². The number of anilines is 1. The van der Waals surface area contributed by atoms with Gasteiger partial charge in [-0.3, -0.25) is 4.79 Å². The first-order valence-corrected chi connectivity index (χ1v) is 11.7. The number of fused-ring (bicyclic) bond motifs is 1. The van der Waals surface area contributed by atoms with Crippen LogP contribution in [0.15, 0.2) is 47.7 Å². The van der Waals surface area contributed by atoms with Crippen LogP contribution < -0.4 is 24.3 Å². The lowest BCUT2D eigenvalue weighted by atomic mass is 9.73. The van der Waals surface area contributed by atoms with Crippen molar-refractivity contribution in [2.24, 2.45) is 5.41 Å². The van der Waals surface area contributed by atoms with E-state index < -0.39 is 6.04 Å². The molecule has 1 aliphatic carbocycles. The van der Waals surface area contributed by atoms with Crippen LogP contribution in [0.1, 0.15) is 38.3 Å². The van der Waals surface area contributed by atoms with E-state index >= 15 is 0 Å². The summed E-state index contributed by atoms with van der Waals surface area (Å²) >= 11 is 0. The normalized spacial score (nSPS) is 18.2. The lowest BCUT2D eigenvalue weighted by molar-refractivity contribution is -0.118. The summed E-state index contributed by atoms with van der Waals surface area (Å²) in [6, 6.07) is 10.6. The van der Waals surface area contributed by atoms with Gasteiger partial charge in [-0.05, 0) is 48.2 Å². The number of hydrogen-bond donors (Lipinski definition) is 1. The molecule has 9 heteroatoms. The molecule has 2 aromatic carbocycles. The number of carbonyl (C=O) groups is 1. The number of hydrogen-bond acceptors (Lipinski definition) is 8. The van der Waals surface area contributed by atoms with Crippen LogP contribution in [-0.2, 0) is 4.79 Å². The zero-order valence-corrected chi connectivity index (χ0v) is 21.3. The van der Waals surface area contributed by atoms with Gasteiger partial charge in [0.05, 0.1) is 28.4 Å². The molecule has 1 atom stereocenters. The van der Waals surface area contributed by atoms with Crippen LogP contribution in [0.4, 0.5) is 5.95 Å². The molecule has 36 heavy (non-hydrogen) atoms. The van der Waals surface area contributed by atoms with E-state index in [9.17, 15) is 4.79 Å². The SMILES string of the molecule is COc1ccc(OC)c(C2C3=C(CC(C)(C)CC3=O)Nc3nc(-c4ccc(OC)c(OC)c4)nn32)c1. The van der Waals surface area contributed by atoms with Crippen LogP contribution in [-0.4, -0.2) is 49.0 Å². The van der Waals surface area contributed by atoms with Gasteiger partial charge in [-0.25, -0.2) is 4.68 Å². The van der Waals surface area contributed by atoms with Gasteiger partial charge in [0.25, 0.3) is 0 Å². The highest BCUT2D eigenvalue weighted by atomic mass is 16.5. The zero-order chi connectivity index (χ0) is 25.6. The molecule has 0 spiro atoms. The second-order valence-electron chi connectivity index (χ2n) is 9.74. The molecular weight excluding hydrogens is 460 g/mol. The van der Waals surface area contributed by atoms with E-state index in [1.165, 1.54) is 0 Å². The van der Waals surface area contributed by atoms with Crippen molar-refractivity contribution < 1.29 is 23.7 Å². The summed E-state index contributed by atoms with van der Waals surface area (Å²) < 4.78 is 23.8. The maximum atomic E-state index is 13.6. The van der Waals surface area contributed by atoms with Crippen molar-refractivity contribution in [3.8, 4) is 34.4 Å². The fourth-order valence-corrected chi connectivity index (χ4v) is 5.05. The van der Waals surface area contributed by atoms with Gasteiger partial charge in [0.15, 0.2) is 23.1 Å². The predicted molar refractivity (Wildman–Crippen MR) is 135 cm³/mol. The molecule has 0 bridgehead atoms. The van der Waals surface area contributed by atoms with Crippen LogP contribution >= 0.6 is 0 Å². The van der Waals surface area contributed by atoms with Gasteiger partial charge in [0.2, 0.25) is 5.95 Å². The summed E-state index contributed by atoms with van der Waals surface area (Å²) in [7, 11) is 6.41. The molecule has 0 radical (unpaired) electrons. The number of carbonyl (C=O) groups excluding carboxylic acids is 1. The summed E-state index contributed by atoms with van der Waals surface area (Å²) in [5, 5.41) is 8.28. The number of ketones is 1. The average Bonchev–Trinajstić information content (AvgIpc) is 3.29. The third kappa shape index (κ3) is 3.94. The van der Waals surface area contributed by atoms with Gasteiger partial charge in [-0.2, -0.15) is 4.98 Å². The molecule has 5 rings (SSSR count). The summed E-state index contributed by atoms with van der Waals surface area (Å²) in [6.07, 6.45) is 1.16. The third-order valence-electron chi connectivity index (χ3n) is 6.71. The van der Waals surface area contributed by atoms with E-state index in [0.717, 1.165) is 23.2 Å². The van der Waals surface area contributed by atoms with Crippen LogP contribution in [0.2, 0.25) is 0 Å². The first kappa shape index (κ1) is 23.7. The molecule has 2 aliphatic rings. The van der Waals surface area contributed by atoms with Gasteiger partial charge < -0.3 is 24.3 Å². The molecule has 1 unspecified atom stereocenters. The Morgan fingerprint density at radius 2 is 1.64 bits per heavy atom. The molecule has 2 heterocycles. The van der Waals surface area contributed by atoms with Crippen molar-refractivity contribution >= 4 is 11.7 Å². The molecule has 188 valence electrons. The van der Waals surface area contributed by atoms with Crippen molar-refractivity contribution in [1.82, 2.24) is 14.8 Å². The van der Waals surface area contributed by atoms with Crippen LogP contribution in [0.25, 0.3) is 11.4 Å². The highest BCUT2D eigenvalue weighted by Crippen LogP contribution is 2.48. The Hall–Kier alpha value is -4.01. The monoisotopic (exact) mass is 490 g/mol. The van der Waals surface area contributed by atoms with E-state index in [2.05, 4.69) is 19.2 Å². The maximum absolute atomic E-state index is 13.6. The van der Waals surface area contributed by atoms with Crippen LogP contribution in [0, 0.1) is 5.41 Å². The highest BCUT2D eigenvalue weighted by molar-refractivity contribution is 6.00. The smallest absolute Gasteiger partial charge is 0.226 e. The van der Waals surface area contributed by atoms with Gasteiger partial charge in [0, 0.05) is 28.8 Å². The first-order chi connectivity index (χ1) is 17.3. The molecule has 0 amide bonds. The summed E-state index contributed by atoms with van der Waals surface area (Å²) in [5.41, 5.74) is 2.92. The number of ether oxygens (including phenoxy) is 4. The maximum Gasteiger partial charge on any atom is 0.226 e.